The Hall–Kier alpha value is -2.48. The quantitative estimate of drug-likeness (QED) is 0.567. The predicted octanol–water partition coefficient (Wildman–Crippen LogP) is -0.350. The molecule has 0 aliphatic carbocycles. The molecule has 2 aromatic heterocycles. The third-order valence-electron chi connectivity index (χ3n) is 2.22. The van der Waals surface area contributed by atoms with Crippen molar-refractivity contribution in [3.05, 3.63) is 30.2 Å². The summed E-state index contributed by atoms with van der Waals surface area (Å²) in [5.74, 6) is 5.86. The molecule has 2 rings (SSSR count). The van der Waals surface area contributed by atoms with Gasteiger partial charge in [-0.3, -0.25) is 10.2 Å². The molecule has 8 nitrogen and oxygen atoms in total. The van der Waals surface area contributed by atoms with Gasteiger partial charge in [0.1, 0.15) is 0 Å². The van der Waals surface area contributed by atoms with E-state index in [1.807, 2.05) is 0 Å². The van der Waals surface area contributed by atoms with Gasteiger partial charge in [0.15, 0.2) is 11.5 Å². The van der Waals surface area contributed by atoms with Crippen LogP contribution in [0.15, 0.2) is 24.5 Å². The molecule has 2 heterocycles. The molecule has 18 heavy (non-hydrogen) atoms. The van der Waals surface area contributed by atoms with Gasteiger partial charge < -0.3 is 4.90 Å². The molecule has 0 radical (unpaired) electrons. The SMILES string of the molecule is CN(C)C(=O)c1ccn(-c2ccnc(NN)n2)n1. The third kappa shape index (κ3) is 2.28. The smallest absolute Gasteiger partial charge is 0.273 e. The number of carbonyl (C=O) groups excluding carboxylic acids is 1. The summed E-state index contributed by atoms with van der Waals surface area (Å²) < 4.78 is 1.49. The van der Waals surface area contributed by atoms with Crippen molar-refractivity contribution in [2.75, 3.05) is 19.5 Å². The fourth-order valence-electron chi connectivity index (χ4n) is 1.34. The van der Waals surface area contributed by atoms with Crippen LogP contribution in [0.3, 0.4) is 0 Å². The van der Waals surface area contributed by atoms with Gasteiger partial charge in [-0.15, -0.1) is 0 Å². The molecule has 94 valence electrons. The summed E-state index contributed by atoms with van der Waals surface area (Å²) >= 11 is 0. The zero-order chi connectivity index (χ0) is 13.1. The minimum atomic E-state index is -0.167. The normalized spacial score (nSPS) is 10.2. The van der Waals surface area contributed by atoms with E-state index in [9.17, 15) is 4.79 Å². The van der Waals surface area contributed by atoms with Gasteiger partial charge in [0.25, 0.3) is 5.91 Å². The number of aromatic nitrogens is 4. The molecule has 3 N–H and O–H groups in total. The Morgan fingerprint density at radius 2 is 2.22 bits per heavy atom. The lowest BCUT2D eigenvalue weighted by atomic mass is 10.4. The van der Waals surface area contributed by atoms with Crippen LogP contribution >= 0.6 is 0 Å². The van der Waals surface area contributed by atoms with E-state index in [2.05, 4.69) is 20.5 Å². The number of hydrazine groups is 1. The molecule has 0 unspecified atom stereocenters. The summed E-state index contributed by atoms with van der Waals surface area (Å²) in [5, 5.41) is 4.14. The minimum Gasteiger partial charge on any atom is -0.343 e. The number of carbonyl (C=O) groups is 1. The maximum Gasteiger partial charge on any atom is 0.273 e. The van der Waals surface area contributed by atoms with E-state index in [4.69, 9.17) is 5.84 Å². The summed E-state index contributed by atoms with van der Waals surface area (Å²) in [6.45, 7) is 0. The molecule has 8 heteroatoms. The number of nitrogen functional groups attached to an aromatic ring is 1. The van der Waals surface area contributed by atoms with Gasteiger partial charge >= 0.3 is 0 Å². The Morgan fingerprint density at radius 1 is 1.44 bits per heavy atom. The monoisotopic (exact) mass is 247 g/mol. The van der Waals surface area contributed by atoms with Crippen LogP contribution in [0.5, 0.6) is 0 Å². The van der Waals surface area contributed by atoms with Crippen LogP contribution in [0.2, 0.25) is 0 Å². The van der Waals surface area contributed by atoms with E-state index in [0.29, 0.717) is 11.5 Å². The van der Waals surface area contributed by atoms with Crippen LogP contribution in [0.4, 0.5) is 5.95 Å². The van der Waals surface area contributed by atoms with E-state index in [1.54, 1.807) is 38.6 Å². The lowest BCUT2D eigenvalue weighted by molar-refractivity contribution is 0.0821. The number of nitrogens with one attached hydrogen (secondary N) is 1. The largest absolute Gasteiger partial charge is 0.343 e. The average molecular weight is 247 g/mol. The number of anilines is 1. The Balaban J connectivity index is 2.32. The molecule has 0 aliphatic heterocycles. The molecule has 0 saturated carbocycles. The summed E-state index contributed by atoms with van der Waals surface area (Å²) in [4.78, 5) is 21.2. The Kier molecular flexibility index (Phi) is 3.20. The molecule has 0 aromatic carbocycles. The van der Waals surface area contributed by atoms with Crippen molar-refractivity contribution in [3.63, 3.8) is 0 Å². The van der Waals surface area contributed by atoms with Crippen molar-refractivity contribution in [2.45, 2.75) is 0 Å². The van der Waals surface area contributed by atoms with Crippen LogP contribution in [0, 0.1) is 0 Å². The number of amides is 1. The number of rotatable bonds is 3. The van der Waals surface area contributed by atoms with Crippen LogP contribution in [-0.2, 0) is 0 Å². The second kappa shape index (κ2) is 4.80. The molecule has 0 aliphatic rings. The maximum absolute atomic E-state index is 11.7. The standard InChI is InChI=1S/C10H13N7O/c1-16(2)9(18)7-4-6-17(15-7)8-3-5-12-10(13-8)14-11/h3-6H,11H2,1-2H3,(H,12,13,14). The fourth-order valence-corrected chi connectivity index (χ4v) is 1.34. The molecule has 0 bridgehead atoms. The van der Waals surface area contributed by atoms with Gasteiger partial charge in [-0.2, -0.15) is 10.1 Å². The molecule has 2 aromatic rings. The second-order valence-electron chi connectivity index (χ2n) is 3.73. The number of hydrogen-bond acceptors (Lipinski definition) is 6. The van der Waals surface area contributed by atoms with Gasteiger partial charge in [0.2, 0.25) is 5.95 Å². The highest BCUT2D eigenvalue weighted by Gasteiger charge is 2.12. The lowest BCUT2D eigenvalue weighted by Gasteiger charge is -2.07. The van der Waals surface area contributed by atoms with E-state index in [1.165, 1.54) is 9.58 Å². The van der Waals surface area contributed by atoms with E-state index < -0.39 is 0 Å². The highest BCUT2D eigenvalue weighted by molar-refractivity contribution is 5.91. The zero-order valence-corrected chi connectivity index (χ0v) is 10.0. The van der Waals surface area contributed by atoms with Gasteiger partial charge in [0, 0.05) is 32.6 Å². The van der Waals surface area contributed by atoms with Crippen molar-refractivity contribution in [3.8, 4) is 5.82 Å². The van der Waals surface area contributed by atoms with E-state index in [-0.39, 0.29) is 11.9 Å². The molecule has 0 atom stereocenters. The van der Waals surface area contributed by atoms with Crippen LogP contribution < -0.4 is 11.3 Å². The van der Waals surface area contributed by atoms with E-state index in [0.717, 1.165) is 0 Å². The fraction of sp³-hybridized carbons (Fsp3) is 0.200. The predicted molar refractivity (Wildman–Crippen MR) is 65.0 cm³/mol. The molecule has 1 amide bonds. The molecular weight excluding hydrogens is 234 g/mol. The van der Waals surface area contributed by atoms with Gasteiger partial charge in [-0.05, 0) is 6.07 Å². The van der Waals surface area contributed by atoms with Crippen LogP contribution in [0.1, 0.15) is 10.5 Å². The van der Waals surface area contributed by atoms with Crippen molar-refractivity contribution in [1.82, 2.24) is 24.6 Å². The Labute approximate surface area is 103 Å². The maximum atomic E-state index is 11.7. The first-order valence-corrected chi connectivity index (χ1v) is 5.19. The number of hydrogen-bond donors (Lipinski definition) is 2. The van der Waals surface area contributed by atoms with Gasteiger partial charge in [0.05, 0.1) is 0 Å². The topological polar surface area (TPSA) is 102 Å². The summed E-state index contributed by atoms with van der Waals surface area (Å²) in [6.07, 6.45) is 3.20. The molecule has 0 spiro atoms. The van der Waals surface area contributed by atoms with Crippen molar-refractivity contribution >= 4 is 11.9 Å². The molecule has 0 fully saturated rings. The van der Waals surface area contributed by atoms with Crippen LogP contribution in [-0.4, -0.2) is 44.7 Å². The summed E-state index contributed by atoms with van der Waals surface area (Å²) in [5.41, 5.74) is 2.69. The highest BCUT2D eigenvalue weighted by atomic mass is 16.2. The van der Waals surface area contributed by atoms with Crippen molar-refractivity contribution in [1.29, 1.82) is 0 Å². The van der Waals surface area contributed by atoms with Crippen molar-refractivity contribution in [2.24, 2.45) is 5.84 Å². The van der Waals surface area contributed by atoms with Crippen LogP contribution in [0.25, 0.3) is 5.82 Å². The number of nitrogens with zero attached hydrogens (tertiary/aromatic N) is 5. The molecular formula is C10H13N7O. The number of nitrogens with two attached hydrogens (primary N) is 1. The van der Waals surface area contributed by atoms with Gasteiger partial charge in [-0.1, -0.05) is 0 Å². The Bertz CT molecular complexity index is 563. The van der Waals surface area contributed by atoms with Gasteiger partial charge in [-0.25, -0.2) is 15.5 Å². The first-order chi connectivity index (χ1) is 8.61. The third-order valence-corrected chi connectivity index (χ3v) is 2.22. The first-order valence-electron chi connectivity index (χ1n) is 5.19. The summed E-state index contributed by atoms with van der Waals surface area (Å²) in [6, 6.07) is 3.29. The lowest BCUT2D eigenvalue weighted by Crippen LogP contribution is -2.22. The summed E-state index contributed by atoms with van der Waals surface area (Å²) in [7, 11) is 3.34. The minimum absolute atomic E-state index is 0.167. The second-order valence-corrected chi connectivity index (χ2v) is 3.73. The first kappa shape index (κ1) is 12.0. The highest BCUT2D eigenvalue weighted by Crippen LogP contribution is 2.07. The Morgan fingerprint density at radius 3 is 2.89 bits per heavy atom. The van der Waals surface area contributed by atoms with E-state index >= 15 is 0 Å². The zero-order valence-electron chi connectivity index (χ0n) is 10.0. The molecule has 0 saturated heterocycles. The van der Waals surface area contributed by atoms with Crippen molar-refractivity contribution < 1.29 is 4.79 Å². The average Bonchev–Trinajstić information content (AvgIpc) is 2.87.